The third kappa shape index (κ3) is 4.99. The van der Waals surface area contributed by atoms with Crippen LogP contribution in [0.3, 0.4) is 0 Å². The largest absolute Gasteiger partial charge is 0.481 e. The first-order chi connectivity index (χ1) is 8.43. The zero-order valence-electron chi connectivity index (χ0n) is 9.71. The quantitative estimate of drug-likeness (QED) is 0.599. The van der Waals surface area contributed by atoms with E-state index in [1.54, 1.807) is 6.92 Å². The minimum absolute atomic E-state index is 0.0249. The molecule has 1 heterocycles. The number of aromatic nitrogens is 3. The molecule has 9 nitrogen and oxygen atoms in total. The summed E-state index contributed by atoms with van der Waals surface area (Å²) in [6, 6.07) is 0.0423. The van der Waals surface area contributed by atoms with Gasteiger partial charge in [0.15, 0.2) is 0 Å². The summed E-state index contributed by atoms with van der Waals surface area (Å²) in [4.78, 5) is 14.0. The number of nitrogens with one attached hydrogen (secondary N) is 2. The van der Waals surface area contributed by atoms with Gasteiger partial charge in [0.25, 0.3) is 0 Å². The Morgan fingerprint density at radius 2 is 2.28 bits per heavy atom. The molecular weight excluding hydrogens is 264 g/mol. The Morgan fingerprint density at radius 1 is 1.56 bits per heavy atom. The fourth-order valence-corrected chi connectivity index (χ4v) is 2.11. The molecule has 0 amide bonds. The number of nitrogens with zero attached hydrogens (tertiary/aromatic N) is 2. The van der Waals surface area contributed by atoms with E-state index in [4.69, 9.17) is 9.84 Å². The SMILES string of the molecule is CCOc1n[nH]c(NS(=O)(=O)CCCC(=O)O)n1. The lowest BCUT2D eigenvalue weighted by Gasteiger charge is -2.03. The second kappa shape index (κ2) is 6.19. The van der Waals surface area contributed by atoms with Gasteiger partial charge in [0, 0.05) is 6.42 Å². The summed E-state index contributed by atoms with van der Waals surface area (Å²) in [6.45, 7) is 2.11. The first kappa shape index (κ1) is 14.2. The number of sulfonamides is 1. The van der Waals surface area contributed by atoms with Crippen molar-refractivity contribution in [3.63, 3.8) is 0 Å². The van der Waals surface area contributed by atoms with Crippen LogP contribution in [0, 0.1) is 0 Å². The Hall–Kier alpha value is -1.84. The van der Waals surface area contributed by atoms with Gasteiger partial charge in [-0.15, -0.1) is 5.10 Å². The summed E-state index contributed by atoms with van der Waals surface area (Å²) in [6.07, 6.45) is -0.182. The number of anilines is 1. The number of ether oxygens (including phenoxy) is 1. The molecule has 0 unspecified atom stereocenters. The van der Waals surface area contributed by atoms with Crippen molar-refractivity contribution in [2.75, 3.05) is 17.1 Å². The van der Waals surface area contributed by atoms with E-state index >= 15 is 0 Å². The zero-order chi connectivity index (χ0) is 13.6. The predicted molar refractivity (Wildman–Crippen MR) is 61.8 cm³/mol. The number of carboxylic acid groups (broad SMARTS) is 1. The van der Waals surface area contributed by atoms with Crippen LogP contribution in [0.1, 0.15) is 19.8 Å². The van der Waals surface area contributed by atoms with E-state index in [2.05, 4.69) is 19.9 Å². The molecule has 0 aliphatic carbocycles. The van der Waals surface area contributed by atoms with Crippen molar-refractivity contribution in [2.24, 2.45) is 0 Å². The number of hydrogen-bond donors (Lipinski definition) is 3. The van der Waals surface area contributed by atoms with Crippen molar-refractivity contribution in [2.45, 2.75) is 19.8 Å². The summed E-state index contributed by atoms with van der Waals surface area (Å²) in [5.74, 6) is -1.40. The number of aliphatic carboxylic acids is 1. The molecule has 10 heteroatoms. The lowest BCUT2D eigenvalue weighted by Crippen LogP contribution is -2.18. The Labute approximate surface area is 104 Å². The summed E-state index contributed by atoms with van der Waals surface area (Å²) in [5, 5.41) is 14.4. The van der Waals surface area contributed by atoms with E-state index in [0.29, 0.717) is 6.61 Å². The summed E-state index contributed by atoms with van der Waals surface area (Å²) in [7, 11) is -3.63. The standard InChI is InChI=1S/C8H14N4O5S/c1-2-17-8-9-7(10-11-8)12-18(15,16)5-3-4-6(13)14/h2-5H2,1H3,(H,13,14)(H2,9,10,11,12). The van der Waals surface area contributed by atoms with E-state index < -0.39 is 16.0 Å². The van der Waals surface area contributed by atoms with E-state index in [1.165, 1.54) is 0 Å². The van der Waals surface area contributed by atoms with Crippen LogP contribution < -0.4 is 9.46 Å². The van der Waals surface area contributed by atoms with Gasteiger partial charge in [-0.05, 0) is 13.3 Å². The van der Waals surface area contributed by atoms with Crippen LogP contribution in [-0.2, 0) is 14.8 Å². The highest BCUT2D eigenvalue weighted by Crippen LogP contribution is 2.08. The van der Waals surface area contributed by atoms with E-state index in [9.17, 15) is 13.2 Å². The molecule has 0 saturated carbocycles. The van der Waals surface area contributed by atoms with Gasteiger partial charge in [0.05, 0.1) is 12.4 Å². The lowest BCUT2D eigenvalue weighted by atomic mass is 10.3. The van der Waals surface area contributed by atoms with Crippen LogP contribution >= 0.6 is 0 Å². The van der Waals surface area contributed by atoms with Crippen molar-refractivity contribution in [1.29, 1.82) is 0 Å². The van der Waals surface area contributed by atoms with Gasteiger partial charge < -0.3 is 9.84 Å². The van der Waals surface area contributed by atoms with Crippen molar-refractivity contribution in [3.8, 4) is 6.01 Å². The zero-order valence-corrected chi connectivity index (χ0v) is 10.5. The topological polar surface area (TPSA) is 134 Å². The molecule has 0 aliphatic heterocycles. The minimum Gasteiger partial charge on any atom is -0.481 e. The fraction of sp³-hybridized carbons (Fsp3) is 0.625. The molecule has 1 aromatic rings. The highest BCUT2D eigenvalue weighted by atomic mass is 32.2. The molecule has 0 atom stereocenters. The van der Waals surface area contributed by atoms with Crippen LogP contribution in [0.5, 0.6) is 6.01 Å². The monoisotopic (exact) mass is 278 g/mol. The van der Waals surface area contributed by atoms with Crippen LogP contribution in [0.15, 0.2) is 0 Å². The summed E-state index contributed by atoms with van der Waals surface area (Å²) < 4.78 is 30.1. The molecule has 0 saturated heterocycles. The number of carboxylic acids is 1. The second-order valence-corrected chi connectivity index (χ2v) is 5.16. The van der Waals surface area contributed by atoms with Crippen LogP contribution in [0.4, 0.5) is 5.95 Å². The Bertz CT molecular complexity index is 497. The highest BCUT2D eigenvalue weighted by Gasteiger charge is 2.14. The Kier molecular flexibility index (Phi) is 4.89. The first-order valence-electron chi connectivity index (χ1n) is 5.20. The maximum atomic E-state index is 11.5. The third-order valence-electron chi connectivity index (χ3n) is 1.79. The van der Waals surface area contributed by atoms with Gasteiger partial charge in [0.1, 0.15) is 0 Å². The van der Waals surface area contributed by atoms with Gasteiger partial charge in [-0.1, -0.05) is 0 Å². The smallest absolute Gasteiger partial charge is 0.337 e. The second-order valence-electron chi connectivity index (χ2n) is 3.32. The molecule has 1 aromatic heterocycles. The van der Waals surface area contributed by atoms with Crippen molar-refractivity contribution >= 4 is 21.9 Å². The van der Waals surface area contributed by atoms with Gasteiger partial charge in [0.2, 0.25) is 16.0 Å². The maximum Gasteiger partial charge on any atom is 0.337 e. The maximum absolute atomic E-state index is 11.5. The van der Waals surface area contributed by atoms with Gasteiger partial charge in [-0.3, -0.25) is 9.52 Å². The molecule has 0 fully saturated rings. The molecule has 0 bridgehead atoms. The van der Waals surface area contributed by atoms with Gasteiger partial charge >= 0.3 is 12.0 Å². The molecule has 1 rings (SSSR count). The third-order valence-corrected chi connectivity index (χ3v) is 3.12. The van der Waals surface area contributed by atoms with Crippen LogP contribution in [-0.4, -0.2) is 47.0 Å². The summed E-state index contributed by atoms with van der Waals surface area (Å²) in [5.41, 5.74) is 0. The number of hydrogen-bond acceptors (Lipinski definition) is 6. The average Bonchev–Trinajstić information content (AvgIpc) is 2.64. The van der Waals surface area contributed by atoms with E-state index in [-0.39, 0.29) is 30.6 Å². The first-order valence-corrected chi connectivity index (χ1v) is 6.85. The average molecular weight is 278 g/mol. The van der Waals surface area contributed by atoms with Gasteiger partial charge in [-0.2, -0.15) is 4.98 Å². The van der Waals surface area contributed by atoms with Gasteiger partial charge in [-0.25, -0.2) is 13.5 Å². The molecule has 102 valence electrons. The Balaban J connectivity index is 2.50. The fourth-order valence-electron chi connectivity index (χ4n) is 1.10. The van der Waals surface area contributed by atoms with Crippen molar-refractivity contribution in [1.82, 2.24) is 15.2 Å². The molecule has 0 spiro atoms. The van der Waals surface area contributed by atoms with Crippen LogP contribution in [0.2, 0.25) is 0 Å². The molecule has 0 aromatic carbocycles. The molecule has 0 radical (unpaired) electrons. The molecule has 18 heavy (non-hydrogen) atoms. The van der Waals surface area contributed by atoms with Crippen molar-refractivity contribution < 1.29 is 23.1 Å². The lowest BCUT2D eigenvalue weighted by molar-refractivity contribution is -0.137. The number of carbonyl (C=O) groups is 1. The predicted octanol–water partition coefficient (Wildman–Crippen LogP) is -0.190. The van der Waals surface area contributed by atoms with Crippen LogP contribution in [0.25, 0.3) is 0 Å². The number of H-pyrrole nitrogens is 1. The Morgan fingerprint density at radius 3 is 2.89 bits per heavy atom. The minimum atomic E-state index is -3.63. The normalized spacial score (nSPS) is 11.2. The van der Waals surface area contributed by atoms with E-state index in [0.717, 1.165) is 0 Å². The number of aromatic amines is 1. The molecular formula is C8H14N4O5S. The summed E-state index contributed by atoms with van der Waals surface area (Å²) >= 11 is 0. The highest BCUT2D eigenvalue weighted by molar-refractivity contribution is 7.92. The molecule has 0 aliphatic rings. The number of rotatable bonds is 8. The van der Waals surface area contributed by atoms with Crippen molar-refractivity contribution in [3.05, 3.63) is 0 Å². The van der Waals surface area contributed by atoms with E-state index in [1.807, 2.05) is 0 Å². The molecule has 3 N–H and O–H groups in total.